The predicted molar refractivity (Wildman–Crippen MR) is 114 cm³/mol. The summed E-state index contributed by atoms with van der Waals surface area (Å²) >= 11 is 0. The average molecular weight is 428 g/mol. The zero-order chi connectivity index (χ0) is 23.0. The van der Waals surface area contributed by atoms with E-state index in [0.717, 1.165) is 11.1 Å². The van der Waals surface area contributed by atoms with Crippen molar-refractivity contribution in [2.45, 2.75) is 52.7 Å². The lowest BCUT2D eigenvalue weighted by molar-refractivity contribution is -0.150. The van der Waals surface area contributed by atoms with Gasteiger partial charge in [0.15, 0.2) is 11.4 Å². The Morgan fingerprint density at radius 1 is 1.16 bits per heavy atom. The van der Waals surface area contributed by atoms with Gasteiger partial charge in [-0.25, -0.2) is 9.78 Å². The minimum Gasteiger partial charge on any atom is -0.493 e. The van der Waals surface area contributed by atoms with Crippen molar-refractivity contribution in [3.05, 3.63) is 53.3 Å². The van der Waals surface area contributed by atoms with Gasteiger partial charge in [0.25, 0.3) is 5.91 Å². The largest absolute Gasteiger partial charge is 0.493 e. The van der Waals surface area contributed by atoms with E-state index in [9.17, 15) is 14.4 Å². The van der Waals surface area contributed by atoms with Crippen LogP contribution in [0.2, 0.25) is 0 Å². The number of hydrogen-bond acceptors (Lipinski definition) is 7. The van der Waals surface area contributed by atoms with E-state index in [1.54, 1.807) is 6.92 Å². The van der Waals surface area contributed by atoms with Crippen molar-refractivity contribution in [2.75, 3.05) is 7.11 Å². The maximum Gasteiger partial charge on any atom is 0.329 e. The van der Waals surface area contributed by atoms with Crippen LogP contribution in [-0.4, -0.2) is 42.1 Å². The smallest absolute Gasteiger partial charge is 0.329 e. The van der Waals surface area contributed by atoms with Crippen LogP contribution in [0.25, 0.3) is 0 Å². The highest BCUT2D eigenvalue weighted by molar-refractivity contribution is 5.98. The minimum absolute atomic E-state index is 0.111. The van der Waals surface area contributed by atoms with Gasteiger partial charge in [-0.2, -0.15) is 0 Å². The molecule has 31 heavy (non-hydrogen) atoms. The van der Waals surface area contributed by atoms with E-state index in [4.69, 9.17) is 14.2 Å². The van der Waals surface area contributed by atoms with Gasteiger partial charge < -0.3 is 19.5 Å². The van der Waals surface area contributed by atoms with Crippen molar-refractivity contribution in [3.63, 3.8) is 0 Å². The first-order chi connectivity index (χ1) is 14.8. The van der Waals surface area contributed by atoms with Crippen LogP contribution in [0.3, 0.4) is 0 Å². The first-order valence-electron chi connectivity index (χ1n) is 10.0. The molecule has 1 amide bonds. The van der Waals surface area contributed by atoms with E-state index in [-0.39, 0.29) is 29.7 Å². The Bertz CT molecular complexity index is 943. The molecule has 0 radical (unpaired) electrons. The number of amides is 1. The second-order valence-electron chi connectivity index (χ2n) is 7.10. The van der Waals surface area contributed by atoms with Gasteiger partial charge in [0.2, 0.25) is 5.75 Å². The van der Waals surface area contributed by atoms with Crippen LogP contribution in [0.15, 0.2) is 36.5 Å². The molecule has 1 N–H and O–H groups in total. The van der Waals surface area contributed by atoms with Crippen molar-refractivity contribution in [1.82, 2.24) is 10.3 Å². The molecule has 8 heteroatoms. The molecule has 0 fully saturated rings. The summed E-state index contributed by atoms with van der Waals surface area (Å²) in [5.41, 5.74) is 1.71. The summed E-state index contributed by atoms with van der Waals surface area (Å²) in [4.78, 5) is 41.4. The van der Waals surface area contributed by atoms with Crippen molar-refractivity contribution < 1.29 is 28.6 Å². The highest BCUT2D eigenvalue weighted by atomic mass is 16.6. The first kappa shape index (κ1) is 23.9. The van der Waals surface area contributed by atoms with Crippen LogP contribution in [0.1, 0.15) is 48.8 Å². The molecule has 1 heterocycles. The molecule has 0 aliphatic carbocycles. The number of esters is 2. The number of aryl methyl sites for hydroxylation is 1. The quantitative estimate of drug-likeness (QED) is 0.612. The molecule has 0 bridgehead atoms. The zero-order valence-electron chi connectivity index (χ0n) is 18.4. The van der Waals surface area contributed by atoms with Crippen molar-refractivity contribution in [3.8, 4) is 11.5 Å². The fourth-order valence-electron chi connectivity index (χ4n) is 2.84. The molecule has 0 saturated heterocycles. The second kappa shape index (κ2) is 11.1. The van der Waals surface area contributed by atoms with Crippen LogP contribution in [0, 0.1) is 6.92 Å². The summed E-state index contributed by atoms with van der Waals surface area (Å²) in [5.74, 6) is -1.81. The number of nitrogens with zero attached hydrogens (tertiary/aromatic N) is 1. The summed E-state index contributed by atoms with van der Waals surface area (Å²) < 4.78 is 15.8. The SMILES string of the molecule is CCC(C)OC(=O)[C@H](Cc1ccccc1C)NC(=O)c1nccc(OC)c1OC(C)=O. The zero-order valence-corrected chi connectivity index (χ0v) is 18.4. The van der Waals surface area contributed by atoms with Gasteiger partial charge in [0.1, 0.15) is 6.04 Å². The van der Waals surface area contributed by atoms with E-state index < -0.39 is 23.9 Å². The number of methoxy groups -OCH3 is 1. The van der Waals surface area contributed by atoms with Crippen LogP contribution >= 0.6 is 0 Å². The third kappa shape index (κ3) is 6.53. The molecule has 1 aromatic heterocycles. The monoisotopic (exact) mass is 428 g/mol. The second-order valence-corrected chi connectivity index (χ2v) is 7.10. The summed E-state index contributed by atoms with van der Waals surface area (Å²) in [5, 5.41) is 2.68. The molecular weight excluding hydrogens is 400 g/mol. The molecular formula is C23H28N2O6. The molecule has 0 aliphatic heterocycles. The van der Waals surface area contributed by atoms with Crippen molar-refractivity contribution in [1.29, 1.82) is 0 Å². The fourth-order valence-corrected chi connectivity index (χ4v) is 2.84. The van der Waals surface area contributed by atoms with E-state index in [2.05, 4.69) is 10.3 Å². The van der Waals surface area contributed by atoms with Crippen molar-refractivity contribution in [2.24, 2.45) is 0 Å². The third-order valence-corrected chi connectivity index (χ3v) is 4.72. The fraction of sp³-hybridized carbons (Fsp3) is 0.391. The minimum atomic E-state index is -0.958. The highest BCUT2D eigenvalue weighted by Crippen LogP contribution is 2.29. The molecule has 1 aromatic carbocycles. The number of hydrogen-bond donors (Lipinski definition) is 1. The number of carbonyl (C=O) groups excluding carboxylic acids is 3. The summed E-state index contributed by atoms with van der Waals surface area (Å²) in [6.07, 6.45) is 1.94. The Labute approximate surface area is 181 Å². The van der Waals surface area contributed by atoms with Crippen LogP contribution in [0.4, 0.5) is 0 Å². The molecule has 8 nitrogen and oxygen atoms in total. The number of aromatic nitrogens is 1. The van der Waals surface area contributed by atoms with Gasteiger partial charge in [0.05, 0.1) is 13.2 Å². The highest BCUT2D eigenvalue weighted by Gasteiger charge is 2.28. The molecule has 0 spiro atoms. The molecule has 166 valence electrons. The summed E-state index contributed by atoms with van der Waals surface area (Å²) in [6.45, 7) is 6.82. The van der Waals surface area contributed by atoms with Crippen LogP contribution < -0.4 is 14.8 Å². The molecule has 1 unspecified atom stereocenters. The van der Waals surface area contributed by atoms with Gasteiger partial charge in [-0.1, -0.05) is 31.2 Å². The standard InChI is InChI=1S/C23H28N2O6/c1-6-15(3)30-23(28)18(13-17-10-8-7-9-14(17)2)25-22(27)20-21(31-16(4)26)19(29-5)11-12-24-20/h7-12,15,18H,6,13H2,1-5H3,(H,25,27)/t15?,18-/m0/s1. The topological polar surface area (TPSA) is 104 Å². The lowest BCUT2D eigenvalue weighted by Gasteiger charge is -2.21. The van der Waals surface area contributed by atoms with E-state index in [1.807, 2.05) is 38.1 Å². The Hall–Kier alpha value is -3.42. The summed E-state index contributed by atoms with van der Waals surface area (Å²) in [6, 6.07) is 8.09. The van der Waals surface area contributed by atoms with E-state index >= 15 is 0 Å². The number of nitrogens with one attached hydrogen (secondary N) is 1. The Morgan fingerprint density at radius 2 is 1.87 bits per heavy atom. The lowest BCUT2D eigenvalue weighted by Crippen LogP contribution is -2.44. The van der Waals surface area contributed by atoms with Crippen LogP contribution in [0.5, 0.6) is 11.5 Å². The molecule has 2 aromatic rings. The average Bonchev–Trinajstić information content (AvgIpc) is 2.74. The number of pyridine rings is 1. The van der Waals surface area contributed by atoms with Gasteiger partial charge in [-0.3, -0.25) is 9.59 Å². The number of benzene rings is 1. The Morgan fingerprint density at radius 3 is 2.48 bits per heavy atom. The Balaban J connectivity index is 2.35. The first-order valence-corrected chi connectivity index (χ1v) is 10.0. The molecule has 2 atom stereocenters. The van der Waals surface area contributed by atoms with Gasteiger partial charge >= 0.3 is 11.9 Å². The van der Waals surface area contributed by atoms with E-state index in [1.165, 1.54) is 26.3 Å². The molecule has 0 saturated carbocycles. The van der Waals surface area contributed by atoms with Crippen molar-refractivity contribution >= 4 is 17.8 Å². The van der Waals surface area contributed by atoms with Gasteiger partial charge in [-0.15, -0.1) is 0 Å². The van der Waals surface area contributed by atoms with Gasteiger partial charge in [-0.05, 0) is 31.4 Å². The normalized spacial score (nSPS) is 12.4. The summed E-state index contributed by atoms with van der Waals surface area (Å²) in [7, 11) is 1.38. The van der Waals surface area contributed by atoms with E-state index in [0.29, 0.717) is 6.42 Å². The Kier molecular flexibility index (Phi) is 8.54. The predicted octanol–water partition coefficient (Wildman–Crippen LogP) is 3.01. The third-order valence-electron chi connectivity index (χ3n) is 4.72. The van der Waals surface area contributed by atoms with Crippen LogP contribution in [-0.2, 0) is 20.7 Å². The van der Waals surface area contributed by atoms with Gasteiger partial charge in [0, 0.05) is 25.6 Å². The maximum absolute atomic E-state index is 13.0. The maximum atomic E-state index is 13.0. The number of carbonyl (C=O) groups is 3. The molecule has 2 rings (SSSR count). The lowest BCUT2D eigenvalue weighted by atomic mass is 10.0. The number of rotatable bonds is 9. The molecule has 0 aliphatic rings. The number of ether oxygens (including phenoxy) is 3.